The molecule has 0 saturated carbocycles. The molecule has 0 amide bonds. The molecule has 0 aliphatic carbocycles. The summed E-state index contributed by atoms with van der Waals surface area (Å²) in [5, 5.41) is 0. The fraction of sp³-hybridized carbons (Fsp3) is 0.0769. The van der Waals surface area contributed by atoms with E-state index >= 15 is 0 Å². The van der Waals surface area contributed by atoms with Crippen LogP contribution in [0.15, 0.2) is 41.0 Å². The standard InChI is InChI=1S/C13H9BrFN3S/c14-9-5-11-12(6-10(9)15)18(13(19)17-11)7-8-3-1-2-4-16-8/h1-6H,7H2,(H,17,19). The van der Waals surface area contributed by atoms with Gasteiger partial charge in [0, 0.05) is 12.3 Å². The fourth-order valence-electron chi connectivity index (χ4n) is 1.96. The van der Waals surface area contributed by atoms with E-state index < -0.39 is 0 Å². The maximum absolute atomic E-state index is 13.7. The molecule has 0 fully saturated rings. The highest BCUT2D eigenvalue weighted by molar-refractivity contribution is 9.10. The molecule has 0 radical (unpaired) electrons. The van der Waals surface area contributed by atoms with Crippen molar-refractivity contribution < 1.29 is 4.39 Å². The first kappa shape index (κ1) is 12.5. The van der Waals surface area contributed by atoms with E-state index in [1.807, 2.05) is 22.8 Å². The van der Waals surface area contributed by atoms with E-state index in [1.165, 1.54) is 6.07 Å². The Labute approximate surface area is 122 Å². The molecule has 2 heterocycles. The molecule has 6 heteroatoms. The van der Waals surface area contributed by atoms with Gasteiger partial charge in [0.25, 0.3) is 0 Å². The number of H-pyrrole nitrogens is 1. The normalized spacial score (nSPS) is 11.1. The van der Waals surface area contributed by atoms with Gasteiger partial charge in [-0.1, -0.05) is 6.07 Å². The minimum atomic E-state index is -0.309. The van der Waals surface area contributed by atoms with Gasteiger partial charge in [0.05, 0.1) is 27.7 Å². The van der Waals surface area contributed by atoms with E-state index in [1.54, 1.807) is 12.3 Å². The second-order valence-electron chi connectivity index (χ2n) is 4.12. The molecule has 0 spiro atoms. The van der Waals surface area contributed by atoms with Crippen molar-refractivity contribution in [3.63, 3.8) is 0 Å². The fourth-order valence-corrected chi connectivity index (χ4v) is 2.58. The molecule has 0 bridgehead atoms. The Morgan fingerprint density at radius 2 is 2.21 bits per heavy atom. The Bertz CT molecular complexity index is 795. The van der Waals surface area contributed by atoms with Crippen molar-refractivity contribution in [2.24, 2.45) is 0 Å². The summed E-state index contributed by atoms with van der Waals surface area (Å²) in [6.07, 6.45) is 1.73. The molecule has 0 unspecified atom stereocenters. The van der Waals surface area contributed by atoms with Gasteiger partial charge in [-0.05, 0) is 46.3 Å². The molecule has 1 N–H and O–H groups in total. The van der Waals surface area contributed by atoms with E-state index in [4.69, 9.17) is 12.2 Å². The van der Waals surface area contributed by atoms with Gasteiger partial charge in [0.2, 0.25) is 0 Å². The van der Waals surface area contributed by atoms with E-state index in [-0.39, 0.29) is 5.82 Å². The quantitative estimate of drug-likeness (QED) is 0.716. The Morgan fingerprint density at radius 3 is 2.95 bits per heavy atom. The van der Waals surface area contributed by atoms with Crippen LogP contribution in [-0.4, -0.2) is 14.5 Å². The van der Waals surface area contributed by atoms with Crippen molar-refractivity contribution >= 4 is 39.2 Å². The summed E-state index contributed by atoms with van der Waals surface area (Å²) in [6, 6.07) is 8.84. The molecule has 3 rings (SSSR count). The number of halogens is 2. The van der Waals surface area contributed by atoms with E-state index in [0.717, 1.165) is 16.7 Å². The van der Waals surface area contributed by atoms with Crippen LogP contribution in [0.2, 0.25) is 0 Å². The van der Waals surface area contributed by atoms with Gasteiger partial charge in [-0.3, -0.25) is 4.98 Å². The van der Waals surface area contributed by atoms with Crippen molar-refractivity contribution in [3.05, 3.63) is 57.3 Å². The van der Waals surface area contributed by atoms with Crippen molar-refractivity contribution in [1.82, 2.24) is 14.5 Å². The number of aromatic nitrogens is 3. The van der Waals surface area contributed by atoms with Crippen LogP contribution in [0.5, 0.6) is 0 Å². The number of imidazole rings is 1. The third-order valence-corrected chi connectivity index (χ3v) is 3.79. The van der Waals surface area contributed by atoms with Crippen LogP contribution in [0, 0.1) is 10.6 Å². The third kappa shape index (κ3) is 2.33. The molecular formula is C13H9BrFN3S. The summed E-state index contributed by atoms with van der Waals surface area (Å²) in [7, 11) is 0. The van der Waals surface area contributed by atoms with Crippen LogP contribution in [0.25, 0.3) is 11.0 Å². The van der Waals surface area contributed by atoms with E-state index in [2.05, 4.69) is 25.9 Å². The highest BCUT2D eigenvalue weighted by Gasteiger charge is 2.09. The number of fused-ring (bicyclic) bond motifs is 1. The molecule has 0 aliphatic heterocycles. The van der Waals surface area contributed by atoms with Gasteiger partial charge in [0.1, 0.15) is 5.82 Å². The van der Waals surface area contributed by atoms with Crippen LogP contribution in [0.1, 0.15) is 5.69 Å². The largest absolute Gasteiger partial charge is 0.331 e. The Morgan fingerprint density at radius 1 is 1.37 bits per heavy atom. The van der Waals surface area contributed by atoms with Crippen molar-refractivity contribution in [2.45, 2.75) is 6.54 Å². The molecule has 3 aromatic rings. The van der Waals surface area contributed by atoms with Gasteiger partial charge in [-0.2, -0.15) is 0 Å². The van der Waals surface area contributed by atoms with Crippen LogP contribution in [0.3, 0.4) is 0 Å². The van der Waals surface area contributed by atoms with Gasteiger partial charge in [0.15, 0.2) is 4.77 Å². The monoisotopic (exact) mass is 337 g/mol. The lowest BCUT2D eigenvalue weighted by atomic mass is 10.3. The predicted octanol–water partition coefficient (Wildman–Crippen LogP) is 4.04. The first-order valence-corrected chi connectivity index (χ1v) is 6.83. The summed E-state index contributed by atoms with van der Waals surface area (Å²) in [4.78, 5) is 7.33. The summed E-state index contributed by atoms with van der Waals surface area (Å²) in [5.74, 6) is -0.309. The molecule has 19 heavy (non-hydrogen) atoms. The summed E-state index contributed by atoms with van der Waals surface area (Å²) < 4.78 is 16.5. The zero-order valence-electron chi connectivity index (χ0n) is 9.73. The molecule has 0 atom stereocenters. The maximum atomic E-state index is 13.7. The molecule has 96 valence electrons. The lowest BCUT2D eigenvalue weighted by molar-refractivity contribution is 0.621. The van der Waals surface area contributed by atoms with Crippen LogP contribution >= 0.6 is 28.1 Å². The first-order chi connectivity index (χ1) is 9.15. The molecule has 0 saturated heterocycles. The van der Waals surface area contributed by atoms with Crippen molar-refractivity contribution in [2.75, 3.05) is 0 Å². The SMILES string of the molecule is Fc1cc2c(cc1Br)[nH]c(=S)n2Cc1ccccn1. The highest BCUT2D eigenvalue weighted by atomic mass is 79.9. The lowest BCUT2D eigenvalue weighted by Gasteiger charge is -2.04. The molecular weight excluding hydrogens is 329 g/mol. The zero-order valence-corrected chi connectivity index (χ0v) is 12.1. The maximum Gasteiger partial charge on any atom is 0.178 e. The number of benzene rings is 1. The van der Waals surface area contributed by atoms with Crippen LogP contribution in [0.4, 0.5) is 4.39 Å². The summed E-state index contributed by atoms with van der Waals surface area (Å²) in [5.41, 5.74) is 2.41. The van der Waals surface area contributed by atoms with E-state index in [9.17, 15) is 4.39 Å². The second-order valence-corrected chi connectivity index (χ2v) is 5.36. The van der Waals surface area contributed by atoms with Crippen molar-refractivity contribution in [1.29, 1.82) is 0 Å². The highest BCUT2D eigenvalue weighted by Crippen LogP contribution is 2.23. The second kappa shape index (κ2) is 4.86. The number of nitrogens with zero attached hydrogens (tertiary/aromatic N) is 2. The van der Waals surface area contributed by atoms with Crippen LogP contribution < -0.4 is 0 Å². The van der Waals surface area contributed by atoms with Gasteiger partial charge in [-0.25, -0.2) is 4.39 Å². The first-order valence-electron chi connectivity index (χ1n) is 5.62. The average molecular weight is 338 g/mol. The average Bonchev–Trinajstić information content (AvgIpc) is 2.68. The van der Waals surface area contributed by atoms with Gasteiger partial charge < -0.3 is 9.55 Å². The molecule has 2 aromatic heterocycles. The minimum absolute atomic E-state index is 0.309. The number of aromatic amines is 1. The molecule has 3 nitrogen and oxygen atoms in total. The summed E-state index contributed by atoms with van der Waals surface area (Å²) >= 11 is 8.45. The minimum Gasteiger partial charge on any atom is -0.331 e. The zero-order chi connectivity index (χ0) is 13.4. The third-order valence-electron chi connectivity index (χ3n) is 2.86. The number of pyridine rings is 1. The Balaban J connectivity index is 2.16. The Kier molecular flexibility index (Phi) is 3.20. The number of rotatable bonds is 2. The summed E-state index contributed by atoms with van der Waals surface area (Å²) in [6.45, 7) is 0.515. The van der Waals surface area contributed by atoms with Gasteiger partial charge >= 0.3 is 0 Å². The van der Waals surface area contributed by atoms with Gasteiger partial charge in [-0.15, -0.1) is 0 Å². The number of hydrogen-bond donors (Lipinski definition) is 1. The smallest absolute Gasteiger partial charge is 0.178 e. The lowest BCUT2D eigenvalue weighted by Crippen LogP contribution is -2.01. The predicted molar refractivity (Wildman–Crippen MR) is 78.1 cm³/mol. The topological polar surface area (TPSA) is 33.6 Å². The van der Waals surface area contributed by atoms with Crippen LogP contribution in [-0.2, 0) is 6.54 Å². The van der Waals surface area contributed by atoms with E-state index in [0.29, 0.717) is 15.8 Å². The number of hydrogen-bond acceptors (Lipinski definition) is 2. The number of nitrogens with one attached hydrogen (secondary N) is 1. The molecule has 0 aliphatic rings. The van der Waals surface area contributed by atoms with Crippen molar-refractivity contribution in [3.8, 4) is 0 Å². The molecule has 1 aromatic carbocycles. The Hall–Kier alpha value is -1.53.